The summed E-state index contributed by atoms with van der Waals surface area (Å²) in [4.78, 5) is 11.2. The molecule has 1 aromatic carbocycles. The van der Waals surface area contributed by atoms with Crippen LogP contribution in [0.2, 0.25) is 0 Å². The smallest absolute Gasteiger partial charge is 0.729 e. The van der Waals surface area contributed by atoms with Gasteiger partial charge < -0.3 is 4.55 Å². The van der Waals surface area contributed by atoms with Crippen molar-refractivity contribution >= 4 is 10.3 Å². The Labute approximate surface area is 126 Å². The monoisotopic (exact) mass is 276 g/mol. The Hall–Kier alpha value is -0.860. The second kappa shape index (κ2) is 5.85. The largest absolute Gasteiger partial charge is 1.00 e. The molecule has 0 saturated carbocycles. The van der Waals surface area contributed by atoms with Crippen molar-refractivity contribution in [3.63, 3.8) is 0 Å². The first kappa shape index (κ1) is 15.2. The normalized spacial score (nSPS) is 10.9. The van der Waals surface area contributed by atoms with Crippen LogP contribution in [0.15, 0.2) is 47.4 Å². The van der Waals surface area contributed by atoms with Crippen molar-refractivity contribution in [3.05, 3.63) is 58.5 Å². The zero-order chi connectivity index (χ0) is 12.5. The van der Waals surface area contributed by atoms with Crippen molar-refractivity contribution in [2.24, 2.45) is 0 Å². The quantitative estimate of drug-likeness (QED) is 0.442. The second-order valence-corrected chi connectivity index (χ2v) is 4.64. The van der Waals surface area contributed by atoms with Crippen molar-refractivity contribution in [1.29, 1.82) is 0 Å². The molecule has 0 saturated heterocycles. The van der Waals surface area contributed by atoms with Crippen LogP contribution in [-0.2, 0) is 16.8 Å². The van der Waals surface area contributed by atoms with E-state index in [2.05, 4.69) is 0 Å². The number of benzene rings is 1. The van der Waals surface area contributed by atoms with Gasteiger partial charge in [0.1, 0.15) is 0 Å². The summed E-state index contributed by atoms with van der Waals surface area (Å²) >= 11 is 0. The SMILES string of the molecule is O=c1ccn(Cc2ccccc2)n1S(=O)(=O)[O-].[Na+]. The summed E-state index contributed by atoms with van der Waals surface area (Å²) in [5.74, 6) is 0. The molecule has 0 bridgehead atoms. The molecule has 0 spiro atoms. The van der Waals surface area contributed by atoms with Gasteiger partial charge in [0.2, 0.25) is 10.3 Å². The Morgan fingerprint density at radius 2 is 1.72 bits per heavy atom. The van der Waals surface area contributed by atoms with E-state index in [1.165, 1.54) is 6.20 Å². The van der Waals surface area contributed by atoms with Gasteiger partial charge in [0.25, 0.3) is 5.56 Å². The Balaban J connectivity index is 0.00000162. The standard InChI is InChI=1S/C10H10N2O4S.Na/c13-10-6-7-11(12(10)17(14,15)16)8-9-4-2-1-3-5-9;/h1-7H,8H2,(H,14,15,16);/q;+1/p-1. The molecule has 1 aromatic heterocycles. The minimum absolute atomic E-state index is 0. The van der Waals surface area contributed by atoms with Crippen molar-refractivity contribution in [3.8, 4) is 0 Å². The van der Waals surface area contributed by atoms with Gasteiger partial charge in [-0.25, -0.2) is 8.42 Å². The molecular weight excluding hydrogens is 267 g/mol. The van der Waals surface area contributed by atoms with E-state index in [0.717, 1.165) is 16.3 Å². The molecule has 0 amide bonds. The Bertz CT molecular complexity index is 675. The third-order valence-electron chi connectivity index (χ3n) is 2.21. The van der Waals surface area contributed by atoms with Gasteiger partial charge >= 0.3 is 29.6 Å². The van der Waals surface area contributed by atoms with Gasteiger partial charge in [-0.3, -0.25) is 9.48 Å². The van der Waals surface area contributed by atoms with Crippen LogP contribution < -0.4 is 35.1 Å². The fourth-order valence-corrected chi connectivity index (χ4v) is 2.18. The molecule has 0 atom stereocenters. The molecule has 0 unspecified atom stereocenters. The Morgan fingerprint density at radius 3 is 2.28 bits per heavy atom. The van der Waals surface area contributed by atoms with Gasteiger partial charge in [-0.1, -0.05) is 30.3 Å². The maximum Gasteiger partial charge on any atom is 1.00 e. The van der Waals surface area contributed by atoms with Crippen molar-refractivity contribution in [1.82, 2.24) is 8.77 Å². The average molecular weight is 276 g/mol. The van der Waals surface area contributed by atoms with Crippen molar-refractivity contribution < 1.29 is 42.5 Å². The Kier molecular flexibility index (Phi) is 4.94. The fourth-order valence-electron chi connectivity index (χ4n) is 1.53. The van der Waals surface area contributed by atoms with Crippen LogP contribution >= 0.6 is 0 Å². The molecule has 6 nitrogen and oxygen atoms in total. The molecule has 90 valence electrons. The maximum absolute atomic E-state index is 11.2. The average Bonchev–Trinajstić information content (AvgIpc) is 2.60. The van der Waals surface area contributed by atoms with Crippen LogP contribution in [0, 0.1) is 0 Å². The van der Waals surface area contributed by atoms with Gasteiger partial charge in [0.15, 0.2) is 0 Å². The molecular formula is C10H9N2NaO4S. The topological polar surface area (TPSA) is 84.1 Å². The van der Waals surface area contributed by atoms with E-state index in [1.54, 1.807) is 24.3 Å². The summed E-state index contributed by atoms with van der Waals surface area (Å²) in [7, 11) is -4.82. The minimum atomic E-state index is -4.82. The van der Waals surface area contributed by atoms with Crippen LogP contribution in [0.4, 0.5) is 0 Å². The van der Waals surface area contributed by atoms with Gasteiger partial charge in [0.05, 0.1) is 6.54 Å². The summed E-state index contributed by atoms with van der Waals surface area (Å²) in [5, 5.41) is 0. The van der Waals surface area contributed by atoms with E-state index < -0.39 is 15.9 Å². The molecule has 0 N–H and O–H groups in total. The molecule has 0 radical (unpaired) electrons. The molecule has 18 heavy (non-hydrogen) atoms. The van der Waals surface area contributed by atoms with Crippen LogP contribution in [0.1, 0.15) is 5.56 Å². The molecule has 2 aromatic rings. The first-order valence-corrected chi connectivity index (χ1v) is 6.14. The number of rotatable bonds is 3. The van der Waals surface area contributed by atoms with Gasteiger partial charge in [-0.2, -0.15) is 0 Å². The predicted molar refractivity (Wildman–Crippen MR) is 59.3 cm³/mol. The Morgan fingerprint density at radius 1 is 1.11 bits per heavy atom. The predicted octanol–water partition coefficient (Wildman–Crippen LogP) is -2.99. The van der Waals surface area contributed by atoms with Crippen LogP contribution in [0.3, 0.4) is 0 Å². The number of aromatic nitrogens is 2. The zero-order valence-corrected chi connectivity index (χ0v) is 12.5. The second-order valence-electron chi connectivity index (χ2n) is 3.44. The third-order valence-corrected chi connectivity index (χ3v) is 3.02. The molecule has 8 heteroatoms. The van der Waals surface area contributed by atoms with E-state index in [0.29, 0.717) is 0 Å². The van der Waals surface area contributed by atoms with E-state index in [9.17, 15) is 17.8 Å². The summed E-state index contributed by atoms with van der Waals surface area (Å²) in [6, 6.07) is 9.97. The number of nitrogens with zero attached hydrogens (tertiary/aromatic N) is 2. The number of hydrogen-bond donors (Lipinski definition) is 0. The van der Waals surface area contributed by atoms with Gasteiger partial charge in [0, 0.05) is 12.3 Å². The van der Waals surface area contributed by atoms with E-state index in [-0.39, 0.29) is 40.2 Å². The summed E-state index contributed by atoms with van der Waals surface area (Å²) in [6.07, 6.45) is 1.27. The third kappa shape index (κ3) is 3.33. The summed E-state index contributed by atoms with van der Waals surface area (Å²) < 4.78 is 34.0. The van der Waals surface area contributed by atoms with E-state index >= 15 is 0 Å². The van der Waals surface area contributed by atoms with E-state index in [4.69, 9.17) is 0 Å². The zero-order valence-electron chi connectivity index (χ0n) is 9.68. The van der Waals surface area contributed by atoms with Crippen LogP contribution in [0.5, 0.6) is 0 Å². The van der Waals surface area contributed by atoms with Gasteiger partial charge in [-0.05, 0) is 5.56 Å². The summed E-state index contributed by atoms with van der Waals surface area (Å²) in [5.41, 5.74) is -0.0589. The first-order valence-electron chi connectivity index (χ1n) is 4.77. The van der Waals surface area contributed by atoms with Crippen LogP contribution in [0.25, 0.3) is 0 Å². The molecule has 0 fully saturated rings. The summed E-state index contributed by atoms with van der Waals surface area (Å²) in [6.45, 7) is 0.143. The molecule has 0 aliphatic carbocycles. The van der Waals surface area contributed by atoms with Crippen molar-refractivity contribution in [2.45, 2.75) is 6.54 Å². The molecule has 0 aliphatic rings. The van der Waals surface area contributed by atoms with Crippen LogP contribution in [-0.4, -0.2) is 21.7 Å². The molecule has 1 heterocycles. The van der Waals surface area contributed by atoms with Gasteiger partial charge in [-0.15, -0.1) is 4.09 Å². The fraction of sp³-hybridized carbons (Fsp3) is 0.100. The molecule has 0 aliphatic heterocycles. The maximum atomic E-state index is 11.2. The van der Waals surface area contributed by atoms with E-state index in [1.807, 2.05) is 6.07 Å². The first-order chi connectivity index (χ1) is 7.98. The van der Waals surface area contributed by atoms with Crippen molar-refractivity contribution in [2.75, 3.05) is 0 Å². The molecule has 2 rings (SSSR count). The minimum Gasteiger partial charge on any atom is -0.729 e. The number of hydrogen-bond acceptors (Lipinski definition) is 4.